The number of nitro groups is 1. The minimum absolute atomic E-state index is 0.109. The molecule has 0 aromatic heterocycles. The van der Waals surface area contributed by atoms with E-state index in [4.69, 9.17) is 4.84 Å². The van der Waals surface area contributed by atoms with Crippen molar-refractivity contribution < 1.29 is 9.76 Å². The first-order valence-corrected chi connectivity index (χ1v) is 4.77. The molecule has 5 heteroatoms. The van der Waals surface area contributed by atoms with Crippen molar-refractivity contribution in [3.05, 3.63) is 39.9 Å². The second-order valence-electron chi connectivity index (χ2n) is 3.09. The van der Waals surface area contributed by atoms with E-state index in [0.29, 0.717) is 12.2 Å². The molecule has 82 valence electrons. The molecule has 0 amide bonds. The first kappa shape index (κ1) is 11.6. The number of para-hydroxylation sites is 1. The van der Waals surface area contributed by atoms with Gasteiger partial charge in [-0.05, 0) is 13.8 Å². The van der Waals surface area contributed by atoms with Crippen molar-refractivity contribution in [3.63, 3.8) is 0 Å². The molecule has 1 rings (SSSR count). The predicted octanol–water partition coefficient (Wildman–Crippen LogP) is 2.20. The van der Waals surface area contributed by atoms with E-state index in [1.54, 1.807) is 18.2 Å². The van der Waals surface area contributed by atoms with E-state index in [9.17, 15) is 10.1 Å². The highest BCUT2D eigenvalue weighted by atomic mass is 16.6. The average molecular weight is 210 g/mol. The van der Waals surface area contributed by atoms with E-state index in [1.807, 2.05) is 13.8 Å². The molecule has 1 unspecified atom stereocenters. The standard InChI is InChI=1S/C10H14N2O3/c1-3-15-11-8(2)9-6-4-5-7-10(9)12(13)14/h4-8,11H,3H2,1-2H3. The number of nitrogens with zero attached hydrogens (tertiary/aromatic N) is 1. The number of benzene rings is 1. The average Bonchev–Trinajstić information content (AvgIpc) is 2.25. The highest BCUT2D eigenvalue weighted by Crippen LogP contribution is 2.24. The summed E-state index contributed by atoms with van der Waals surface area (Å²) in [6.45, 7) is 4.18. The van der Waals surface area contributed by atoms with Gasteiger partial charge in [0.15, 0.2) is 0 Å². The van der Waals surface area contributed by atoms with Crippen molar-refractivity contribution in [2.45, 2.75) is 19.9 Å². The van der Waals surface area contributed by atoms with E-state index in [1.165, 1.54) is 6.07 Å². The van der Waals surface area contributed by atoms with Crippen LogP contribution in [0.3, 0.4) is 0 Å². The molecule has 0 bridgehead atoms. The second kappa shape index (κ2) is 5.43. The monoisotopic (exact) mass is 210 g/mol. The van der Waals surface area contributed by atoms with Crippen LogP contribution in [-0.4, -0.2) is 11.5 Å². The fourth-order valence-electron chi connectivity index (χ4n) is 1.29. The van der Waals surface area contributed by atoms with E-state index in [-0.39, 0.29) is 16.7 Å². The Balaban J connectivity index is 2.87. The molecule has 0 aliphatic carbocycles. The van der Waals surface area contributed by atoms with Crippen molar-refractivity contribution in [2.75, 3.05) is 6.61 Å². The van der Waals surface area contributed by atoms with Crippen LogP contribution in [0.25, 0.3) is 0 Å². The van der Waals surface area contributed by atoms with Crippen LogP contribution < -0.4 is 5.48 Å². The van der Waals surface area contributed by atoms with Gasteiger partial charge < -0.3 is 4.84 Å². The summed E-state index contributed by atoms with van der Waals surface area (Å²) in [4.78, 5) is 15.4. The van der Waals surface area contributed by atoms with E-state index in [2.05, 4.69) is 5.48 Å². The molecule has 0 radical (unpaired) electrons. The maximum Gasteiger partial charge on any atom is 0.274 e. The minimum atomic E-state index is -0.389. The SMILES string of the molecule is CCONC(C)c1ccccc1[N+](=O)[O-]. The number of nitro benzene ring substituents is 1. The third-order valence-electron chi connectivity index (χ3n) is 2.00. The van der Waals surface area contributed by atoms with E-state index < -0.39 is 0 Å². The quantitative estimate of drug-likeness (QED) is 0.597. The van der Waals surface area contributed by atoms with Crippen LogP contribution in [0.1, 0.15) is 25.5 Å². The van der Waals surface area contributed by atoms with Gasteiger partial charge in [0.2, 0.25) is 0 Å². The van der Waals surface area contributed by atoms with Crippen molar-refractivity contribution >= 4 is 5.69 Å². The highest BCUT2D eigenvalue weighted by molar-refractivity contribution is 5.41. The van der Waals surface area contributed by atoms with Crippen LogP contribution >= 0.6 is 0 Å². The molecule has 1 N–H and O–H groups in total. The topological polar surface area (TPSA) is 64.4 Å². The summed E-state index contributed by atoms with van der Waals surface area (Å²) in [5.74, 6) is 0. The molecule has 0 heterocycles. The molecule has 1 aromatic rings. The van der Waals surface area contributed by atoms with Crippen molar-refractivity contribution in [1.29, 1.82) is 0 Å². The summed E-state index contributed by atoms with van der Waals surface area (Å²) in [6, 6.07) is 6.42. The third kappa shape index (κ3) is 3.00. The van der Waals surface area contributed by atoms with Crippen LogP contribution in [-0.2, 0) is 4.84 Å². The summed E-state index contributed by atoms with van der Waals surface area (Å²) in [6.07, 6.45) is 0. The summed E-state index contributed by atoms with van der Waals surface area (Å²) in [5.41, 5.74) is 3.47. The van der Waals surface area contributed by atoms with Gasteiger partial charge in [0.05, 0.1) is 17.6 Å². The van der Waals surface area contributed by atoms with Gasteiger partial charge in [-0.1, -0.05) is 18.2 Å². The number of hydroxylamine groups is 1. The number of rotatable bonds is 5. The molecule has 1 aromatic carbocycles. The fourth-order valence-corrected chi connectivity index (χ4v) is 1.29. The summed E-state index contributed by atoms with van der Waals surface area (Å²) in [7, 11) is 0. The molecular formula is C10H14N2O3. The van der Waals surface area contributed by atoms with Gasteiger partial charge in [-0.3, -0.25) is 10.1 Å². The largest absolute Gasteiger partial charge is 0.302 e. The van der Waals surface area contributed by atoms with Crippen molar-refractivity contribution in [3.8, 4) is 0 Å². The molecule has 0 aliphatic rings. The number of nitrogens with one attached hydrogen (secondary N) is 1. The Morgan fingerprint density at radius 3 is 2.80 bits per heavy atom. The highest BCUT2D eigenvalue weighted by Gasteiger charge is 2.17. The van der Waals surface area contributed by atoms with Crippen LogP contribution in [0, 0.1) is 10.1 Å². The summed E-state index contributed by atoms with van der Waals surface area (Å²) < 4.78 is 0. The smallest absolute Gasteiger partial charge is 0.274 e. The Bertz CT molecular complexity index is 341. The number of hydrogen-bond donors (Lipinski definition) is 1. The zero-order valence-electron chi connectivity index (χ0n) is 8.77. The Hall–Kier alpha value is -1.46. The molecule has 15 heavy (non-hydrogen) atoms. The van der Waals surface area contributed by atoms with Gasteiger partial charge in [-0.2, -0.15) is 5.48 Å². The second-order valence-corrected chi connectivity index (χ2v) is 3.09. The normalized spacial score (nSPS) is 12.4. The minimum Gasteiger partial charge on any atom is -0.302 e. The lowest BCUT2D eigenvalue weighted by molar-refractivity contribution is -0.385. The Morgan fingerprint density at radius 1 is 1.53 bits per heavy atom. The maximum atomic E-state index is 10.7. The van der Waals surface area contributed by atoms with Crippen molar-refractivity contribution in [1.82, 2.24) is 5.48 Å². The molecule has 5 nitrogen and oxygen atoms in total. The molecular weight excluding hydrogens is 196 g/mol. The van der Waals surface area contributed by atoms with Crippen LogP contribution in [0.15, 0.2) is 24.3 Å². The van der Waals surface area contributed by atoms with Crippen molar-refractivity contribution in [2.24, 2.45) is 0 Å². The zero-order chi connectivity index (χ0) is 11.3. The predicted molar refractivity (Wildman–Crippen MR) is 56.3 cm³/mol. The van der Waals surface area contributed by atoms with Gasteiger partial charge in [0.1, 0.15) is 0 Å². The first-order valence-electron chi connectivity index (χ1n) is 4.77. The fraction of sp³-hybridized carbons (Fsp3) is 0.400. The maximum absolute atomic E-state index is 10.7. The molecule has 0 spiro atoms. The lowest BCUT2D eigenvalue weighted by atomic mass is 10.1. The van der Waals surface area contributed by atoms with Gasteiger partial charge >= 0.3 is 0 Å². The van der Waals surface area contributed by atoms with Gasteiger partial charge in [-0.15, -0.1) is 0 Å². The van der Waals surface area contributed by atoms with E-state index >= 15 is 0 Å². The summed E-state index contributed by atoms with van der Waals surface area (Å²) >= 11 is 0. The molecule has 0 fully saturated rings. The lowest BCUT2D eigenvalue weighted by Crippen LogP contribution is -2.19. The van der Waals surface area contributed by atoms with Crippen LogP contribution in [0.4, 0.5) is 5.69 Å². The molecule has 0 saturated heterocycles. The Morgan fingerprint density at radius 2 is 2.20 bits per heavy atom. The zero-order valence-corrected chi connectivity index (χ0v) is 8.77. The van der Waals surface area contributed by atoms with Gasteiger partial charge in [0.25, 0.3) is 5.69 Å². The first-order chi connectivity index (χ1) is 7.16. The number of hydrogen-bond acceptors (Lipinski definition) is 4. The van der Waals surface area contributed by atoms with Gasteiger partial charge in [-0.25, -0.2) is 0 Å². The Kier molecular flexibility index (Phi) is 4.20. The molecule has 0 aliphatic heterocycles. The Labute approximate surface area is 88.2 Å². The lowest BCUT2D eigenvalue weighted by Gasteiger charge is -2.13. The van der Waals surface area contributed by atoms with Crippen LogP contribution in [0.5, 0.6) is 0 Å². The van der Waals surface area contributed by atoms with Crippen LogP contribution in [0.2, 0.25) is 0 Å². The summed E-state index contributed by atoms with van der Waals surface area (Å²) in [5, 5.41) is 10.7. The van der Waals surface area contributed by atoms with Gasteiger partial charge in [0, 0.05) is 11.6 Å². The van der Waals surface area contributed by atoms with E-state index in [0.717, 1.165) is 0 Å². The molecule has 0 saturated carbocycles. The molecule has 1 atom stereocenters. The third-order valence-corrected chi connectivity index (χ3v) is 2.00.